The number of hydrogen-bond acceptors (Lipinski definition) is 2. The molecule has 0 bridgehead atoms. The molecule has 0 amide bonds. The van der Waals surface area contributed by atoms with Gasteiger partial charge in [0.1, 0.15) is 0 Å². The lowest BCUT2D eigenvalue weighted by Gasteiger charge is -2.22. The number of rotatable bonds is 3. The van der Waals surface area contributed by atoms with E-state index >= 15 is 0 Å². The zero-order valence-electron chi connectivity index (χ0n) is 11.2. The minimum Gasteiger partial charge on any atom is -0.316 e. The number of piperidine rings is 1. The number of pyridine rings is 1. The quantitative estimate of drug-likeness (QED) is 0.906. The van der Waals surface area contributed by atoms with Gasteiger partial charge in [-0.25, -0.2) is 0 Å². The van der Waals surface area contributed by atoms with Crippen LogP contribution in [-0.4, -0.2) is 18.1 Å². The molecule has 19 heavy (non-hydrogen) atoms. The Morgan fingerprint density at radius 1 is 1.11 bits per heavy atom. The van der Waals surface area contributed by atoms with Crippen LogP contribution in [-0.2, 0) is 6.42 Å². The van der Waals surface area contributed by atoms with E-state index in [-0.39, 0.29) is 0 Å². The van der Waals surface area contributed by atoms with E-state index in [2.05, 4.69) is 52.8 Å². The maximum Gasteiger partial charge on any atom is 0.0413 e. The van der Waals surface area contributed by atoms with Crippen molar-refractivity contribution in [3.05, 3.63) is 54.4 Å². The van der Waals surface area contributed by atoms with Gasteiger partial charge in [-0.05, 0) is 61.5 Å². The highest BCUT2D eigenvalue weighted by atomic mass is 14.9. The normalized spacial score (nSPS) is 19.3. The van der Waals surface area contributed by atoms with Crippen LogP contribution in [0.5, 0.6) is 0 Å². The molecule has 1 atom stereocenters. The van der Waals surface area contributed by atoms with Gasteiger partial charge in [0, 0.05) is 11.9 Å². The first-order valence-corrected chi connectivity index (χ1v) is 7.13. The van der Waals surface area contributed by atoms with Gasteiger partial charge < -0.3 is 5.32 Å². The number of hydrogen-bond donors (Lipinski definition) is 1. The molecule has 98 valence electrons. The van der Waals surface area contributed by atoms with Crippen molar-refractivity contribution in [1.82, 2.24) is 10.3 Å². The molecule has 1 aliphatic rings. The molecule has 1 unspecified atom stereocenters. The fraction of sp³-hybridized carbons (Fsp3) is 0.353. The summed E-state index contributed by atoms with van der Waals surface area (Å²) in [5.74, 6) is 0.743. The van der Waals surface area contributed by atoms with Gasteiger partial charge in [0.25, 0.3) is 0 Å². The van der Waals surface area contributed by atoms with E-state index in [1.165, 1.54) is 36.2 Å². The molecule has 0 spiro atoms. The summed E-state index contributed by atoms with van der Waals surface area (Å²) in [7, 11) is 0. The highest BCUT2D eigenvalue weighted by Gasteiger charge is 2.14. The fourth-order valence-electron chi connectivity index (χ4n) is 2.79. The topological polar surface area (TPSA) is 24.9 Å². The second kappa shape index (κ2) is 5.98. The third kappa shape index (κ3) is 3.21. The summed E-state index contributed by atoms with van der Waals surface area (Å²) in [5, 5.41) is 3.47. The highest BCUT2D eigenvalue weighted by Crippen LogP contribution is 2.21. The Labute approximate surface area is 114 Å². The lowest BCUT2D eigenvalue weighted by molar-refractivity contribution is 0.373. The smallest absolute Gasteiger partial charge is 0.0413 e. The Morgan fingerprint density at radius 2 is 2.00 bits per heavy atom. The van der Waals surface area contributed by atoms with Crippen LogP contribution in [0.25, 0.3) is 11.1 Å². The molecule has 0 aliphatic carbocycles. The maximum absolute atomic E-state index is 4.53. The van der Waals surface area contributed by atoms with E-state index in [1.807, 2.05) is 6.20 Å². The molecule has 2 aromatic rings. The van der Waals surface area contributed by atoms with E-state index in [0.29, 0.717) is 0 Å². The van der Waals surface area contributed by atoms with Gasteiger partial charge in [-0.3, -0.25) is 4.98 Å². The third-order valence-electron chi connectivity index (χ3n) is 3.82. The van der Waals surface area contributed by atoms with Crippen molar-refractivity contribution in [3.8, 4) is 11.1 Å². The van der Waals surface area contributed by atoms with E-state index in [0.717, 1.165) is 18.9 Å². The molecular formula is C17H20N2. The summed E-state index contributed by atoms with van der Waals surface area (Å²) < 4.78 is 0. The van der Waals surface area contributed by atoms with Crippen molar-refractivity contribution >= 4 is 0 Å². The second-order valence-corrected chi connectivity index (χ2v) is 5.32. The molecule has 1 aromatic carbocycles. The van der Waals surface area contributed by atoms with Gasteiger partial charge in [0.15, 0.2) is 0 Å². The van der Waals surface area contributed by atoms with Crippen LogP contribution in [0.2, 0.25) is 0 Å². The lowest BCUT2D eigenvalue weighted by Crippen LogP contribution is -2.31. The molecule has 2 heteroatoms. The largest absolute Gasteiger partial charge is 0.316 e. The van der Waals surface area contributed by atoms with Crippen LogP contribution in [0, 0.1) is 5.92 Å². The first-order valence-electron chi connectivity index (χ1n) is 7.13. The molecule has 1 aromatic heterocycles. The van der Waals surface area contributed by atoms with Crippen LogP contribution in [0.1, 0.15) is 18.5 Å². The fourth-order valence-corrected chi connectivity index (χ4v) is 2.79. The van der Waals surface area contributed by atoms with Gasteiger partial charge in [0.2, 0.25) is 0 Å². The van der Waals surface area contributed by atoms with Gasteiger partial charge in [-0.15, -0.1) is 0 Å². The third-order valence-corrected chi connectivity index (χ3v) is 3.82. The van der Waals surface area contributed by atoms with E-state index < -0.39 is 0 Å². The summed E-state index contributed by atoms with van der Waals surface area (Å²) in [5.41, 5.74) is 3.76. The van der Waals surface area contributed by atoms with Gasteiger partial charge in [-0.2, -0.15) is 0 Å². The number of aromatic nitrogens is 1. The van der Waals surface area contributed by atoms with Crippen molar-refractivity contribution in [2.45, 2.75) is 19.3 Å². The predicted octanol–water partition coefficient (Wildman–Crippen LogP) is 3.29. The number of benzene rings is 1. The average molecular weight is 252 g/mol. The zero-order chi connectivity index (χ0) is 12.9. The summed E-state index contributed by atoms with van der Waals surface area (Å²) in [6, 6.07) is 14.9. The van der Waals surface area contributed by atoms with Crippen LogP contribution >= 0.6 is 0 Å². The average Bonchev–Trinajstić information content (AvgIpc) is 2.49. The molecule has 1 N–H and O–H groups in total. The Balaban J connectivity index is 1.76. The molecule has 1 saturated heterocycles. The van der Waals surface area contributed by atoms with Crippen LogP contribution in [0.15, 0.2) is 48.7 Å². The molecule has 1 aliphatic heterocycles. The maximum atomic E-state index is 4.53. The predicted molar refractivity (Wildman–Crippen MR) is 79.0 cm³/mol. The van der Waals surface area contributed by atoms with Crippen molar-refractivity contribution in [2.75, 3.05) is 13.1 Å². The van der Waals surface area contributed by atoms with Crippen molar-refractivity contribution in [2.24, 2.45) is 5.92 Å². The van der Waals surface area contributed by atoms with E-state index in [9.17, 15) is 0 Å². The molecular weight excluding hydrogens is 232 g/mol. The summed E-state index contributed by atoms with van der Waals surface area (Å²) in [6.07, 6.45) is 5.65. The molecule has 0 saturated carbocycles. The minimum atomic E-state index is 0.743. The number of nitrogens with one attached hydrogen (secondary N) is 1. The minimum absolute atomic E-state index is 0.743. The number of nitrogens with zero attached hydrogens (tertiary/aromatic N) is 1. The molecule has 0 radical (unpaired) electrons. The van der Waals surface area contributed by atoms with E-state index in [4.69, 9.17) is 0 Å². The van der Waals surface area contributed by atoms with Crippen LogP contribution < -0.4 is 5.32 Å². The monoisotopic (exact) mass is 252 g/mol. The Hall–Kier alpha value is -1.67. The van der Waals surface area contributed by atoms with Gasteiger partial charge in [0.05, 0.1) is 0 Å². The summed E-state index contributed by atoms with van der Waals surface area (Å²) in [4.78, 5) is 4.53. The van der Waals surface area contributed by atoms with Crippen molar-refractivity contribution in [3.63, 3.8) is 0 Å². The molecule has 3 rings (SSSR count). The molecule has 1 fully saturated rings. The molecule has 2 nitrogen and oxygen atoms in total. The highest BCUT2D eigenvalue weighted by molar-refractivity contribution is 5.63. The molecule has 2 heterocycles. The first kappa shape index (κ1) is 12.4. The summed E-state index contributed by atoms with van der Waals surface area (Å²) in [6.45, 7) is 2.31. The Bertz CT molecular complexity index is 516. The van der Waals surface area contributed by atoms with Gasteiger partial charge in [-0.1, -0.05) is 30.3 Å². The van der Waals surface area contributed by atoms with Crippen LogP contribution in [0.4, 0.5) is 0 Å². The second-order valence-electron chi connectivity index (χ2n) is 5.32. The van der Waals surface area contributed by atoms with Crippen molar-refractivity contribution in [1.29, 1.82) is 0 Å². The Morgan fingerprint density at radius 3 is 2.79 bits per heavy atom. The Kier molecular flexibility index (Phi) is 3.89. The van der Waals surface area contributed by atoms with E-state index in [1.54, 1.807) is 0 Å². The SMILES string of the molecule is c1ccc(-c2ccnc(CC3CCCNC3)c2)cc1. The standard InChI is InChI=1S/C17H20N2/c1-2-6-15(7-3-1)16-8-10-19-17(12-16)11-14-5-4-9-18-13-14/h1-3,6-8,10,12,14,18H,4-5,9,11,13H2. The van der Waals surface area contributed by atoms with Crippen molar-refractivity contribution < 1.29 is 0 Å². The zero-order valence-corrected chi connectivity index (χ0v) is 11.2. The summed E-state index contributed by atoms with van der Waals surface area (Å²) >= 11 is 0. The lowest BCUT2D eigenvalue weighted by atomic mass is 9.93. The van der Waals surface area contributed by atoms with Crippen LogP contribution in [0.3, 0.4) is 0 Å². The first-order chi connectivity index (χ1) is 9.42. The van der Waals surface area contributed by atoms with Gasteiger partial charge >= 0.3 is 0 Å².